The Morgan fingerprint density at radius 1 is 1.19 bits per heavy atom. The molecule has 1 aromatic carbocycles. The number of amides is 1. The van der Waals surface area contributed by atoms with Crippen molar-refractivity contribution in [3.63, 3.8) is 0 Å². The van der Waals surface area contributed by atoms with Gasteiger partial charge < -0.3 is 14.4 Å². The van der Waals surface area contributed by atoms with Gasteiger partial charge in [-0.3, -0.25) is 9.59 Å². The molecule has 1 amide bonds. The summed E-state index contributed by atoms with van der Waals surface area (Å²) in [5, 5.41) is 0. The third kappa shape index (κ3) is 4.20. The largest absolute Gasteiger partial charge is 0.466 e. The van der Waals surface area contributed by atoms with Gasteiger partial charge in [-0.05, 0) is 44.0 Å². The summed E-state index contributed by atoms with van der Waals surface area (Å²) in [5.41, 5.74) is 0.390. The van der Waals surface area contributed by atoms with Crippen LogP contribution in [0.5, 0.6) is 11.6 Å². The first-order valence-corrected chi connectivity index (χ1v) is 8.83. The van der Waals surface area contributed by atoms with Gasteiger partial charge in [0.25, 0.3) is 5.91 Å². The molecule has 0 radical (unpaired) electrons. The zero-order valence-electron chi connectivity index (χ0n) is 14.8. The van der Waals surface area contributed by atoms with Gasteiger partial charge >= 0.3 is 5.97 Å². The lowest BCUT2D eigenvalue weighted by molar-refractivity contribution is -0.149. The average molecular weight is 354 g/mol. The summed E-state index contributed by atoms with van der Waals surface area (Å²) in [6.45, 7) is 3.10. The molecule has 1 saturated heterocycles. The maximum atomic E-state index is 13.0. The fourth-order valence-electron chi connectivity index (χ4n) is 3.02. The van der Waals surface area contributed by atoms with E-state index < -0.39 is 0 Å². The lowest BCUT2D eigenvalue weighted by atomic mass is 9.97. The number of nitrogens with zero attached hydrogens (tertiary/aromatic N) is 2. The number of rotatable bonds is 5. The number of pyridine rings is 1. The van der Waals surface area contributed by atoms with Gasteiger partial charge in [-0.25, -0.2) is 4.98 Å². The number of hydrogen-bond acceptors (Lipinski definition) is 5. The van der Waals surface area contributed by atoms with E-state index in [9.17, 15) is 9.59 Å². The highest BCUT2D eigenvalue weighted by molar-refractivity contribution is 5.96. The molecule has 136 valence electrons. The van der Waals surface area contributed by atoms with Crippen LogP contribution in [0.25, 0.3) is 0 Å². The van der Waals surface area contributed by atoms with Crippen molar-refractivity contribution in [2.45, 2.75) is 19.8 Å². The highest BCUT2D eigenvalue weighted by atomic mass is 16.5. The van der Waals surface area contributed by atoms with Crippen molar-refractivity contribution in [2.24, 2.45) is 5.92 Å². The molecule has 1 aromatic heterocycles. The van der Waals surface area contributed by atoms with Crippen LogP contribution in [-0.2, 0) is 9.53 Å². The molecule has 1 aliphatic rings. The van der Waals surface area contributed by atoms with Crippen LogP contribution >= 0.6 is 0 Å². The lowest BCUT2D eigenvalue weighted by Gasteiger charge is -2.31. The Hall–Kier alpha value is -2.89. The second kappa shape index (κ2) is 8.47. The Balaban J connectivity index is 1.76. The summed E-state index contributed by atoms with van der Waals surface area (Å²) in [4.78, 5) is 30.9. The maximum Gasteiger partial charge on any atom is 0.310 e. The fraction of sp³-hybridized carbons (Fsp3) is 0.350. The summed E-state index contributed by atoms with van der Waals surface area (Å²) < 4.78 is 10.9. The molecule has 1 atom stereocenters. The summed E-state index contributed by atoms with van der Waals surface area (Å²) in [7, 11) is 0. The molecule has 6 heteroatoms. The van der Waals surface area contributed by atoms with E-state index in [0.717, 1.165) is 12.8 Å². The normalized spacial score (nSPS) is 16.8. The zero-order valence-corrected chi connectivity index (χ0v) is 14.8. The number of carbonyl (C=O) groups is 2. The molecule has 1 fully saturated rings. The molecule has 26 heavy (non-hydrogen) atoms. The van der Waals surface area contributed by atoms with Crippen molar-refractivity contribution < 1.29 is 19.1 Å². The first-order valence-electron chi connectivity index (χ1n) is 8.83. The van der Waals surface area contributed by atoms with Gasteiger partial charge in [-0.15, -0.1) is 0 Å². The minimum absolute atomic E-state index is 0.182. The van der Waals surface area contributed by atoms with Gasteiger partial charge in [0.2, 0.25) is 5.88 Å². The van der Waals surface area contributed by atoms with Crippen molar-refractivity contribution in [1.29, 1.82) is 0 Å². The van der Waals surface area contributed by atoms with E-state index in [0.29, 0.717) is 31.0 Å². The molecular formula is C20H22N2O4. The number of para-hydroxylation sites is 1. The smallest absolute Gasteiger partial charge is 0.310 e. The van der Waals surface area contributed by atoms with Gasteiger partial charge in [0, 0.05) is 19.3 Å². The zero-order chi connectivity index (χ0) is 18.4. The molecule has 3 rings (SSSR count). The average Bonchev–Trinajstić information content (AvgIpc) is 2.69. The Bertz CT molecular complexity index is 763. The van der Waals surface area contributed by atoms with Gasteiger partial charge in [-0.2, -0.15) is 0 Å². The first kappa shape index (κ1) is 17.9. The van der Waals surface area contributed by atoms with Gasteiger partial charge in [0.1, 0.15) is 11.3 Å². The Labute approximate surface area is 152 Å². The van der Waals surface area contributed by atoms with Crippen molar-refractivity contribution in [3.05, 3.63) is 54.2 Å². The lowest BCUT2D eigenvalue weighted by Crippen LogP contribution is -2.43. The minimum atomic E-state index is -0.275. The number of ether oxygens (including phenoxy) is 2. The number of hydrogen-bond donors (Lipinski definition) is 0. The van der Waals surface area contributed by atoms with Gasteiger partial charge in [0.05, 0.1) is 12.5 Å². The number of aromatic nitrogens is 1. The number of piperidine rings is 1. The van der Waals surface area contributed by atoms with Crippen molar-refractivity contribution in [2.75, 3.05) is 19.7 Å². The van der Waals surface area contributed by atoms with Crippen LogP contribution in [0.3, 0.4) is 0 Å². The third-order valence-corrected chi connectivity index (χ3v) is 4.29. The van der Waals surface area contributed by atoms with Crippen LogP contribution in [0.1, 0.15) is 30.1 Å². The van der Waals surface area contributed by atoms with E-state index in [4.69, 9.17) is 9.47 Å². The Morgan fingerprint density at radius 3 is 2.77 bits per heavy atom. The molecule has 0 saturated carbocycles. The molecule has 2 heterocycles. The van der Waals surface area contributed by atoms with E-state index in [1.54, 1.807) is 42.3 Å². The number of benzene rings is 1. The quantitative estimate of drug-likeness (QED) is 0.771. The summed E-state index contributed by atoms with van der Waals surface area (Å²) in [5.74, 6) is 0.183. The van der Waals surface area contributed by atoms with Crippen molar-refractivity contribution in [1.82, 2.24) is 9.88 Å². The highest BCUT2D eigenvalue weighted by Crippen LogP contribution is 2.26. The first-order chi connectivity index (χ1) is 12.7. The third-order valence-electron chi connectivity index (χ3n) is 4.29. The number of likely N-dealkylation sites (tertiary alicyclic amines) is 1. The molecule has 6 nitrogen and oxygen atoms in total. The molecule has 0 N–H and O–H groups in total. The maximum absolute atomic E-state index is 13.0. The van der Waals surface area contributed by atoms with E-state index >= 15 is 0 Å². The van der Waals surface area contributed by atoms with E-state index in [-0.39, 0.29) is 23.7 Å². The molecule has 0 aliphatic carbocycles. The molecule has 0 unspecified atom stereocenters. The van der Waals surface area contributed by atoms with Crippen LogP contribution in [0, 0.1) is 5.92 Å². The second-order valence-electron chi connectivity index (χ2n) is 6.11. The molecule has 2 aromatic rings. The van der Waals surface area contributed by atoms with Crippen LogP contribution in [0.4, 0.5) is 0 Å². The van der Waals surface area contributed by atoms with Gasteiger partial charge in [-0.1, -0.05) is 18.2 Å². The SMILES string of the molecule is CCOC(=O)[C@H]1CCCN(C(=O)c2cccnc2Oc2ccccc2)C1. The summed E-state index contributed by atoms with van der Waals surface area (Å²) in [6, 6.07) is 12.6. The molecular weight excluding hydrogens is 332 g/mol. The van der Waals surface area contributed by atoms with Crippen LogP contribution in [0.2, 0.25) is 0 Å². The molecule has 0 bridgehead atoms. The van der Waals surface area contributed by atoms with Crippen molar-refractivity contribution >= 4 is 11.9 Å². The van der Waals surface area contributed by atoms with E-state index in [1.165, 1.54) is 0 Å². The van der Waals surface area contributed by atoms with Crippen LogP contribution in [-0.4, -0.2) is 41.5 Å². The van der Waals surface area contributed by atoms with E-state index in [2.05, 4.69) is 4.98 Å². The number of carbonyl (C=O) groups excluding carboxylic acids is 2. The predicted octanol–water partition coefficient (Wildman–Crippen LogP) is 3.29. The number of esters is 1. The van der Waals surface area contributed by atoms with E-state index in [1.807, 2.05) is 18.2 Å². The molecule has 0 spiro atoms. The van der Waals surface area contributed by atoms with Crippen LogP contribution < -0.4 is 4.74 Å². The summed E-state index contributed by atoms with van der Waals surface area (Å²) >= 11 is 0. The highest BCUT2D eigenvalue weighted by Gasteiger charge is 2.31. The standard InChI is InChI=1S/C20H22N2O4/c1-2-25-20(24)15-8-7-13-22(14-15)19(23)17-11-6-12-21-18(17)26-16-9-4-3-5-10-16/h3-6,9-12,15H,2,7-8,13-14H2,1H3/t15-/m0/s1. The van der Waals surface area contributed by atoms with Crippen LogP contribution in [0.15, 0.2) is 48.7 Å². The molecule has 1 aliphatic heterocycles. The van der Waals surface area contributed by atoms with Gasteiger partial charge in [0.15, 0.2) is 0 Å². The minimum Gasteiger partial charge on any atom is -0.466 e. The monoisotopic (exact) mass is 354 g/mol. The Kier molecular flexibility index (Phi) is 5.84. The second-order valence-corrected chi connectivity index (χ2v) is 6.11. The summed E-state index contributed by atoms with van der Waals surface area (Å²) in [6.07, 6.45) is 3.10. The predicted molar refractivity (Wildman–Crippen MR) is 96.0 cm³/mol. The topological polar surface area (TPSA) is 68.7 Å². The fourth-order valence-corrected chi connectivity index (χ4v) is 3.02. The van der Waals surface area contributed by atoms with Crippen molar-refractivity contribution in [3.8, 4) is 11.6 Å². The Morgan fingerprint density at radius 2 is 2.00 bits per heavy atom.